The van der Waals surface area contributed by atoms with Crippen molar-refractivity contribution in [2.75, 3.05) is 26.7 Å². The van der Waals surface area contributed by atoms with Crippen LogP contribution in [0.2, 0.25) is 0 Å². The third kappa shape index (κ3) is 3.74. The van der Waals surface area contributed by atoms with E-state index in [-0.39, 0.29) is 0 Å². The Morgan fingerprint density at radius 2 is 2.00 bits per heavy atom. The molecule has 2 N–H and O–H groups in total. The van der Waals surface area contributed by atoms with Crippen LogP contribution in [0.5, 0.6) is 5.75 Å². The minimum atomic E-state index is 0.697. The number of likely N-dealkylation sites (N-methyl/N-ethyl adjacent to an activating group) is 1. The van der Waals surface area contributed by atoms with Crippen molar-refractivity contribution < 1.29 is 4.74 Å². The molecule has 1 fully saturated rings. The summed E-state index contributed by atoms with van der Waals surface area (Å²) in [6.07, 6.45) is 5.07. The molecule has 0 spiro atoms. The molecular formula is C17H28N2O. The summed E-state index contributed by atoms with van der Waals surface area (Å²) in [4.78, 5) is 2.62. The van der Waals surface area contributed by atoms with Crippen LogP contribution in [0.15, 0.2) is 24.3 Å². The van der Waals surface area contributed by atoms with Crippen LogP contribution in [0.25, 0.3) is 0 Å². The number of methoxy groups -OCH3 is 1. The van der Waals surface area contributed by atoms with E-state index in [0.717, 1.165) is 31.8 Å². The Balaban J connectivity index is 1.89. The van der Waals surface area contributed by atoms with Gasteiger partial charge in [-0.05, 0) is 56.0 Å². The maximum atomic E-state index is 5.92. The number of rotatable bonds is 7. The highest BCUT2D eigenvalue weighted by Gasteiger charge is 2.29. The molecule has 0 aliphatic heterocycles. The first-order chi connectivity index (χ1) is 9.78. The van der Waals surface area contributed by atoms with Crippen LogP contribution in [0, 0.1) is 5.92 Å². The minimum absolute atomic E-state index is 0.697. The number of benzene rings is 1. The fourth-order valence-corrected chi connectivity index (χ4v) is 3.40. The van der Waals surface area contributed by atoms with E-state index >= 15 is 0 Å². The van der Waals surface area contributed by atoms with Gasteiger partial charge in [-0.25, -0.2) is 0 Å². The Labute approximate surface area is 123 Å². The standard InChI is InChI=1S/C17H28N2O/c1-3-19(17-6-4-5-15(17)13-18)12-11-14-7-9-16(20-2)10-8-14/h7-10,15,17H,3-6,11-13,18H2,1-2H3. The van der Waals surface area contributed by atoms with Crippen molar-refractivity contribution in [3.8, 4) is 5.75 Å². The highest BCUT2D eigenvalue weighted by molar-refractivity contribution is 5.27. The average molecular weight is 276 g/mol. The van der Waals surface area contributed by atoms with Gasteiger partial charge in [-0.3, -0.25) is 0 Å². The molecule has 2 rings (SSSR count). The lowest BCUT2D eigenvalue weighted by Crippen LogP contribution is -2.41. The Bertz CT molecular complexity index is 390. The predicted molar refractivity (Wildman–Crippen MR) is 84.1 cm³/mol. The molecule has 3 nitrogen and oxygen atoms in total. The molecule has 2 atom stereocenters. The molecule has 0 aromatic heterocycles. The molecule has 1 aliphatic carbocycles. The molecule has 20 heavy (non-hydrogen) atoms. The van der Waals surface area contributed by atoms with Crippen molar-refractivity contribution in [1.82, 2.24) is 4.90 Å². The van der Waals surface area contributed by atoms with E-state index in [4.69, 9.17) is 10.5 Å². The summed E-state index contributed by atoms with van der Waals surface area (Å²) in [5.41, 5.74) is 7.30. The quantitative estimate of drug-likeness (QED) is 0.832. The van der Waals surface area contributed by atoms with Gasteiger partial charge in [0.15, 0.2) is 0 Å². The summed E-state index contributed by atoms with van der Waals surface area (Å²) >= 11 is 0. The van der Waals surface area contributed by atoms with Crippen LogP contribution in [0.4, 0.5) is 0 Å². The first kappa shape index (κ1) is 15.3. The largest absolute Gasteiger partial charge is 0.497 e. The van der Waals surface area contributed by atoms with E-state index in [1.165, 1.54) is 24.8 Å². The SMILES string of the molecule is CCN(CCc1ccc(OC)cc1)C1CCCC1CN. The molecule has 1 aromatic carbocycles. The van der Waals surface area contributed by atoms with Gasteiger partial charge in [0.25, 0.3) is 0 Å². The summed E-state index contributed by atoms with van der Waals surface area (Å²) in [6, 6.07) is 9.13. The molecule has 3 heteroatoms. The normalized spacial score (nSPS) is 22.4. The zero-order valence-corrected chi connectivity index (χ0v) is 12.8. The van der Waals surface area contributed by atoms with Crippen LogP contribution < -0.4 is 10.5 Å². The Hall–Kier alpha value is -1.06. The molecule has 0 amide bonds. The molecule has 0 heterocycles. The first-order valence-corrected chi connectivity index (χ1v) is 7.85. The average Bonchev–Trinajstić information content (AvgIpc) is 2.97. The molecule has 0 radical (unpaired) electrons. The van der Waals surface area contributed by atoms with E-state index in [2.05, 4.69) is 24.0 Å². The third-order valence-electron chi connectivity index (χ3n) is 4.64. The zero-order valence-electron chi connectivity index (χ0n) is 12.8. The van der Waals surface area contributed by atoms with Gasteiger partial charge in [0.1, 0.15) is 5.75 Å². The molecular weight excluding hydrogens is 248 g/mol. The van der Waals surface area contributed by atoms with Gasteiger partial charge in [0, 0.05) is 12.6 Å². The second-order valence-electron chi connectivity index (χ2n) is 5.72. The Morgan fingerprint density at radius 3 is 2.60 bits per heavy atom. The van der Waals surface area contributed by atoms with Crippen LogP contribution in [0.3, 0.4) is 0 Å². The summed E-state index contributed by atoms with van der Waals surface area (Å²) < 4.78 is 5.20. The molecule has 0 bridgehead atoms. The van der Waals surface area contributed by atoms with E-state index in [1.807, 2.05) is 12.1 Å². The van der Waals surface area contributed by atoms with Gasteiger partial charge < -0.3 is 15.4 Å². The number of ether oxygens (including phenoxy) is 1. The topological polar surface area (TPSA) is 38.5 Å². The van der Waals surface area contributed by atoms with Crippen molar-refractivity contribution in [2.45, 2.75) is 38.6 Å². The first-order valence-electron chi connectivity index (χ1n) is 7.85. The number of nitrogens with two attached hydrogens (primary N) is 1. The molecule has 112 valence electrons. The number of hydrogen-bond donors (Lipinski definition) is 1. The molecule has 1 aromatic rings. The second-order valence-corrected chi connectivity index (χ2v) is 5.72. The molecule has 2 unspecified atom stereocenters. The summed E-state index contributed by atoms with van der Waals surface area (Å²) in [5.74, 6) is 1.63. The van der Waals surface area contributed by atoms with E-state index in [1.54, 1.807) is 7.11 Å². The van der Waals surface area contributed by atoms with Crippen LogP contribution >= 0.6 is 0 Å². The molecule has 1 saturated carbocycles. The Kier molecular flexibility index (Phi) is 5.86. The number of nitrogens with zero attached hydrogens (tertiary/aromatic N) is 1. The number of hydrogen-bond acceptors (Lipinski definition) is 3. The molecule has 1 aliphatic rings. The van der Waals surface area contributed by atoms with Gasteiger partial charge in [0.05, 0.1) is 7.11 Å². The van der Waals surface area contributed by atoms with Crippen molar-refractivity contribution in [3.63, 3.8) is 0 Å². The van der Waals surface area contributed by atoms with E-state index in [9.17, 15) is 0 Å². The van der Waals surface area contributed by atoms with Gasteiger partial charge in [-0.1, -0.05) is 25.5 Å². The maximum Gasteiger partial charge on any atom is 0.118 e. The van der Waals surface area contributed by atoms with Crippen LogP contribution in [0.1, 0.15) is 31.7 Å². The minimum Gasteiger partial charge on any atom is -0.497 e. The lowest BCUT2D eigenvalue weighted by atomic mass is 10.0. The Morgan fingerprint density at radius 1 is 1.25 bits per heavy atom. The third-order valence-corrected chi connectivity index (χ3v) is 4.64. The van der Waals surface area contributed by atoms with Gasteiger partial charge in [-0.15, -0.1) is 0 Å². The van der Waals surface area contributed by atoms with Crippen LogP contribution in [-0.4, -0.2) is 37.7 Å². The van der Waals surface area contributed by atoms with Crippen molar-refractivity contribution in [2.24, 2.45) is 11.7 Å². The smallest absolute Gasteiger partial charge is 0.118 e. The van der Waals surface area contributed by atoms with Crippen molar-refractivity contribution in [3.05, 3.63) is 29.8 Å². The summed E-state index contributed by atoms with van der Waals surface area (Å²) in [5, 5.41) is 0. The van der Waals surface area contributed by atoms with E-state index in [0.29, 0.717) is 12.0 Å². The van der Waals surface area contributed by atoms with E-state index < -0.39 is 0 Å². The lowest BCUT2D eigenvalue weighted by Gasteiger charge is -2.31. The highest BCUT2D eigenvalue weighted by atomic mass is 16.5. The zero-order chi connectivity index (χ0) is 14.4. The van der Waals surface area contributed by atoms with Crippen molar-refractivity contribution in [1.29, 1.82) is 0 Å². The fraction of sp³-hybridized carbons (Fsp3) is 0.647. The van der Waals surface area contributed by atoms with Gasteiger partial charge in [0.2, 0.25) is 0 Å². The summed E-state index contributed by atoms with van der Waals surface area (Å²) in [7, 11) is 1.71. The molecule has 0 saturated heterocycles. The van der Waals surface area contributed by atoms with Crippen molar-refractivity contribution >= 4 is 0 Å². The van der Waals surface area contributed by atoms with Gasteiger partial charge >= 0.3 is 0 Å². The second kappa shape index (κ2) is 7.65. The summed E-state index contributed by atoms with van der Waals surface area (Å²) in [6.45, 7) is 5.35. The van der Waals surface area contributed by atoms with Gasteiger partial charge in [-0.2, -0.15) is 0 Å². The maximum absolute atomic E-state index is 5.92. The predicted octanol–water partition coefficient (Wildman–Crippen LogP) is 2.69. The highest BCUT2D eigenvalue weighted by Crippen LogP contribution is 2.29. The fourth-order valence-electron chi connectivity index (χ4n) is 3.40. The lowest BCUT2D eigenvalue weighted by molar-refractivity contribution is 0.172. The monoisotopic (exact) mass is 276 g/mol. The van der Waals surface area contributed by atoms with Crippen LogP contribution in [-0.2, 0) is 6.42 Å².